The molecule has 6 heteroatoms. The van der Waals surface area contributed by atoms with Crippen molar-refractivity contribution < 1.29 is 9.59 Å². The number of carbonyl (C=O) groups excluding carboxylic acids is 2. The Balaban J connectivity index is 1.41. The van der Waals surface area contributed by atoms with Gasteiger partial charge in [-0.2, -0.15) is 0 Å². The van der Waals surface area contributed by atoms with Crippen molar-refractivity contribution in [2.75, 3.05) is 18.4 Å². The molecule has 0 atom stereocenters. The first kappa shape index (κ1) is 17.3. The van der Waals surface area contributed by atoms with E-state index < -0.39 is 0 Å². The van der Waals surface area contributed by atoms with Gasteiger partial charge in [0.2, 0.25) is 5.91 Å². The summed E-state index contributed by atoms with van der Waals surface area (Å²) in [5.41, 5.74) is 1.93. The third kappa shape index (κ3) is 4.73. The zero-order valence-electron chi connectivity index (χ0n) is 13.7. The molecular weight excluding hydrogens is 338 g/mol. The Bertz CT molecular complexity index is 743. The zero-order valence-corrected chi connectivity index (χ0v) is 14.5. The minimum Gasteiger partial charge on any atom is -0.337 e. The van der Waals surface area contributed by atoms with E-state index >= 15 is 0 Å². The van der Waals surface area contributed by atoms with Gasteiger partial charge in [-0.15, -0.1) is 0 Å². The highest BCUT2D eigenvalue weighted by molar-refractivity contribution is 6.30. The molecule has 2 aromatic carbocycles. The smallest absolute Gasteiger partial charge is 0.315 e. The molecule has 1 aliphatic carbocycles. The third-order valence-electron chi connectivity index (χ3n) is 4.36. The molecule has 3 N–H and O–H groups in total. The molecular formula is C19H20ClN3O2. The number of hydrogen-bond acceptors (Lipinski definition) is 2. The van der Waals surface area contributed by atoms with Crippen LogP contribution in [0.5, 0.6) is 0 Å². The number of halogens is 1. The molecule has 3 rings (SSSR count). The van der Waals surface area contributed by atoms with Gasteiger partial charge in [0.1, 0.15) is 0 Å². The molecule has 0 aliphatic heterocycles. The standard InChI is InChI=1S/C19H20ClN3O2/c20-15-6-8-16(9-7-15)23-17(24)12-21-18(25)22-13-19(10-11-19)14-4-2-1-3-5-14/h1-9H,10-13H2,(H,23,24)(H2,21,22,25). The molecule has 0 radical (unpaired) electrons. The van der Waals surface area contributed by atoms with Crippen LogP contribution >= 0.6 is 11.6 Å². The van der Waals surface area contributed by atoms with Crippen molar-refractivity contribution >= 4 is 29.2 Å². The van der Waals surface area contributed by atoms with Gasteiger partial charge in [0.15, 0.2) is 0 Å². The summed E-state index contributed by atoms with van der Waals surface area (Å²) >= 11 is 5.79. The maximum atomic E-state index is 11.9. The van der Waals surface area contributed by atoms with E-state index in [0.29, 0.717) is 17.3 Å². The van der Waals surface area contributed by atoms with Crippen LogP contribution in [0.3, 0.4) is 0 Å². The highest BCUT2D eigenvalue weighted by atomic mass is 35.5. The molecule has 0 aromatic heterocycles. The first-order valence-electron chi connectivity index (χ1n) is 8.20. The fraction of sp³-hybridized carbons (Fsp3) is 0.263. The van der Waals surface area contributed by atoms with Gasteiger partial charge in [-0.05, 0) is 42.7 Å². The van der Waals surface area contributed by atoms with E-state index in [-0.39, 0.29) is 23.9 Å². The van der Waals surface area contributed by atoms with Crippen LogP contribution in [-0.4, -0.2) is 25.0 Å². The summed E-state index contributed by atoms with van der Waals surface area (Å²) in [4.78, 5) is 23.8. The predicted octanol–water partition coefficient (Wildman–Crippen LogP) is 3.31. The Hall–Kier alpha value is -2.53. The van der Waals surface area contributed by atoms with Gasteiger partial charge < -0.3 is 16.0 Å². The fourth-order valence-corrected chi connectivity index (χ4v) is 2.85. The van der Waals surface area contributed by atoms with Crippen LogP contribution in [0.15, 0.2) is 54.6 Å². The van der Waals surface area contributed by atoms with Crippen LogP contribution < -0.4 is 16.0 Å². The van der Waals surface area contributed by atoms with E-state index in [2.05, 4.69) is 28.1 Å². The number of carbonyl (C=O) groups is 2. The van der Waals surface area contributed by atoms with Crippen molar-refractivity contribution in [2.24, 2.45) is 0 Å². The SMILES string of the molecule is O=C(CNC(=O)NCC1(c2ccccc2)CC1)Nc1ccc(Cl)cc1. The van der Waals surface area contributed by atoms with E-state index in [9.17, 15) is 9.59 Å². The summed E-state index contributed by atoms with van der Waals surface area (Å²) in [7, 11) is 0. The zero-order chi connectivity index (χ0) is 17.7. The van der Waals surface area contributed by atoms with Gasteiger partial charge >= 0.3 is 6.03 Å². The van der Waals surface area contributed by atoms with Gasteiger partial charge in [0.05, 0.1) is 6.54 Å². The number of urea groups is 1. The van der Waals surface area contributed by atoms with E-state index in [1.54, 1.807) is 24.3 Å². The lowest BCUT2D eigenvalue weighted by atomic mass is 9.96. The number of anilines is 1. The van der Waals surface area contributed by atoms with E-state index in [4.69, 9.17) is 11.6 Å². The second kappa shape index (κ2) is 7.57. The molecule has 1 aliphatic rings. The summed E-state index contributed by atoms with van der Waals surface area (Å²) < 4.78 is 0. The largest absolute Gasteiger partial charge is 0.337 e. The first-order chi connectivity index (χ1) is 12.1. The van der Waals surface area contributed by atoms with Crippen LogP contribution in [-0.2, 0) is 10.2 Å². The fourth-order valence-electron chi connectivity index (χ4n) is 2.72. The Morgan fingerprint density at radius 2 is 1.64 bits per heavy atom. The lowest BCUT2D eigenvalue weighted by Gasteiger charge is -2.17. The van der Waals surface area contributed by atoms with E-state index in [1.165, 1.54) is 5.56 Å². The number of amides is 3. The Morgan fingerprint density at radius 3 is 2.28 bits per heavy atom. The highest BCUT2D eigenvalue weighted by Crippen LogP contribution is 2.47. The van der Waals surface area contributed by atoms with Gasteiger partial charge in [-0.25, -0.2) is 4.79 Å². The molecule has 1 fully saturated rings. The topological polar surface area (TPSA) is 70.2 Å². The molecule has 0 bridgehead atoms. The summed E-state index contributed by atoms with van der Waals surface area (Å²) in [5, 5.41) is 8.74. The highest BCUT2D eigenvalue weighted by Gasteiger charge is 2.44. The van der Waals surface area contributed by atoms with Crippen molar-refractivity contribution in [3.63, 3.8) is 0 Å². The molecule has 2 aromatic rings. The maximum Gasteiger partial charge on any atom is 0.315 e. The predicted molar refractivity (Wildman–Crippen MR) is 98.8 cm³/mol. The second-order valence-corrected chi connectivity index (χ2v) is 6.67. The Labute approximate surface area is 151 Å². The third-order valence-corrected chi connectivity index (χ3v) is 4.62. The van der Waals surface area contributed by atoms with Crippen molar-refractivity contribution in [2.45, 2.75) is 18.3 Å². The normalized spacial score (nSPS) is 14.4. The maximum absolute atomic E-state index is 11.9. The molecule has 0 unspecified atom stereocenters. The van der Waals surface area contributed by atoms with E-state index in [0.717, 1.165) is 12.8 Å². The Kier molecular flexibility index (Phi) is 5.24. The molecule has 1 saturated carbocycles. The number of benzene rings is 2. The lowest BCUT2D eigenvalue weighted by Crippen LogP contribution is -2.42. The number of hydrogen-bond donors (Lipinski definition) is 3. The number of nitrogens with one attached hydrogen (secondary N) is 3. The molecule has 0 heterocycles. The van der Waals surface area contributed by atoms with Gasteiger partial charge in [0, 0.05) is 22.7 Å². The van der Waals surface area contributed by atoms with Crippen LogP contribution in [0.1, 0.15) is 18.4 Å². The van der Waals surface area contributed by atoms with Crippen molar-refractivity contribution in [1.82, 2.24) is 10.6 Å². The average Bonchev–Trinajstić information content (AvgIpc) is 3.42. The molecule has 130 valence electrons. The molecule has 25 heavy (non-hydrogen) atoms. The van der Waals surface area contributed by atoms with Crippen molar-refractivity contribution in [3.05, 3.63) is 65.2 Å². The van der Waals surface area contributed by atoms with Crippen LogP contribution in [0.25, 0.3) is 0 Å². The molecule has 3 amide bonds. The van der Waals surface area contributed by atoms with Gasteiger partial charge in [0.25, 0.3) is 0 Å². The first-order valence-corrected chi connectivity index (χ1v) is 8.58. The summed E-state index contributed by atoms with van der Waals surface area (Å²) in [5.74, 6) is -0.290. The van der Waals surface area contributed by atoms with Crippen LogP contribution in [0.2, 0.25) is 5.02 Å². The van der Waals surface area contributed by atoms with Crippen LogP contribution in [0, 0.1) is 0 Å². The van der Waals surface area contributed by atoms with Gasteiger partial charge in [-0.1, -0.05) is 41.9 Å². The minimum absolute atomic E-state index is 0.0458. The molecule has 0 saturated heterocycles. The monoisotopic (exact) mass is 357 g/mol. The Morgan fingerprint density at radius 1 is 0.960 bits per heavy atom. The summed E-state index contributed by atoms with van der Waals surface area (Å²) in [6.07, 6.45) is 2.13. The van der Waals surface area contributed by atoms with Crippen LogP contribution in [0.4, 0.5) is 10.5 Å². The van der Waals surface area contributed by atoms with Crippen molar-refractivity contribution in [1.29, 1.82) is 0 Å². The number of rotatable bonds is 6. The van der Waals surface area contributed by atoms with E-state index in [1.807, 2.05) is 18.2 Å². The summed E-state index contributed by atoms with van der Waals surface area (Å²) in [6, 6.07) is 16.6. The lowest BCUT2D eigenvalue weighted by molar-refractivity contribution is -0.115. The van der Waals surface area contributed by atoms with Gasteiger partial charge in [-0.3, -0.25) is 4.79 Å². The summed E-state index contributed by atoms with van der Waals surface area (Å²) in [6.45, 7) is 0.481. The average molecular weight is 358 g/mol. The molecule has 0 spiro atoms. The molecule has 5 nitrogen and oxygen atoms in total. The van der Waals surface area contributed by atoms with Crippen molar-refractivity contribution in [3.8, 4) is 0 Å². The quantitative estimate of drug-likeness (QED) is 0.742. The minimum atomic E-state index is -0.339. The second-order valence-electron chi connectivity index (χ2n) is 6.24.